The maximum absolute atomic E-state index is 12.3. The summed E-state index contributed by atoms with van der Waals surface area (Å²) in [5.74, 6) is 0.324. The summed E-state index contributed by atoms with van der Waals surface area (Å²) >= 11 is 0. The number of aromatic nitrogens is 2. The van der Waals surface area contributed by atoms with Crippen molar-refractivity contribution in [1.29, 1.82) is 0 Å². The first-order valence-electron chi connectivity index (χ1n) is 9.08. The van der Waals surface area contributed by atoms with E-state index < -0.39 is 0 Å². The van der Waals surface area contributed by atoms with Gasteiger partial charge < -0.3 is 21.7 Å². The average Bonchev–Trinajstić information content (AvgIpc) is 2.67. The molecule has 0 aliphatic carbocycles. The summed E-state index contributed by atoms with van der Waals surface area (Å²) in [6, 6.07) is 13.5. The monoisotopic (exact) mass is 388 g/mol. The first-order chi connectivity index (χ1) is 13.8. The second-order valence-corrected chi connectivity index (χ2v) is 6.91. The standard InChI is InChI=1S/C22H24N6O/c1-14-10-17(26-20(23)11-14)6-9-21(29)27-19-12-16(13-25-22(19)24)15-4-7-18(8-5-15)28(2)3/h4-13H,1-3H3,(H2,23,26)(H2,24,25)(H,27,29)/b9-6+. The zero-order chi connectivity index (χ0) is 21.0. The van der Waals surface area contributed by atoms with E-state index in [1.807, 2.05) is 62.3 Å². The van der Waals surface area contributed by atoms with Crippen molar-refractivity contribution in [2.45, 2.75) is 6.92 Å². The molecule has 7 nitrogen and oxygen atoms in total. The zero-order valence-corrected chi connectivity index (χ0v) is 16.7. The summed E-state index contributed by atoms with van der Waals surface area (Å²) in [6.45, 7) is 1.92. The van der Waals surface area contributed by atoms with Gasteiger partial charge in [-0.15, -0.1) is 0 Å². The highest BCUT2D eigenvalue weighted by molar-refractivity contribution is 6.03. The van der Waals surface area contributed by atoms with E-state index in [0.717, 1.165) is 22.4 Å². The van der Waals surface area contributed by atoms with Crippen molar-refractivity contribution < 1.29 is 4.79 Å². The van der Waals surface area contributed by atoms with Gasteiger partial charge >= 0.3 is 0 Å². The average molecular weight is 388 g/mol. The van der Waals surface area contributed by atoms with Crippen LogP contribution in [0.2, 0.25) is 0 Å². The van der Waals surface area contributed by atoms with Crippen molar-refractivity contribution in [3.8, 4) is 11.1 Å². The van der Waals surface area contributed by atoms with E-state index in [-0.39, 0.29) is 11.7 Å². The molecule has 0 saturated carbocycles. The number of benzene rings is 1. The van der Waals surface area contributed by atoms with E-state index in [1.54, 1.807) is 18.3 Å². The molecule has 5 N–H and O–H groups in total. The maximum atomic E-state index is 12.3. The fourth-order valence-corrected chi connectivity index (χ4v) is 2.83. The van der Waals surface area contributed by atoms with Crippen LogP contribution in [0.15, 0.2) is 54.7 Å². The Bertz CT molecular complexity index is 1040. The highest BCUT2D eigenvalue weighted by Gasteiger charge is 2.08. The second-order valence-electron chi connectivity index (χ2n) is 6.91. The summed E-state index contributed by atoms with van der Waals surface area (Å²) in [5.41, 5.74) is 16.6. The normalized spacial score (nSPS) is 10.9. The Hall–Kier alpha value is -3.87. The Kier molecular flexibility index (Phi) is 5.78. The van der Waals surface area contributed by atoms with Gasteiger partial charge in [-0.05, 0) is 54.5 Å². The van der Waals surface area contributed by atoms with Gasteiger partial charge in [0, 0.05) is 37.6 Å². The largest absolute Gasteiger partial charge is 0.384 e. The van der Waals surface area contributed by atoms with Gasteiger partial charge in [-0.1, -0.05) is 12.1 Å². The van der Waals surface area contributed by atoms with Crippen LogP contribution in [0.5, 0.6) is 0 Å². The third kappa shape index (κ3) is 5.10. The lowest BCUT2D eigenvalue weighted by Gasteiger charge is -2.13. The number of rotatable bonds is 5. The lowest BCUT2D eigenvalue weighted by molar-refractivity contribution is -0.111. The van der Waals surface area contributed by atoms with Crippen LogP contribution < -0.4 is 21.7 Å². The van der Waals surface area contributed by atoms with Gasteiger partial charge in [-0.2, -0.15) is 0 Å². The molecule has 0 aliphatic heterocycles. The molecule has 0 unspecified atom stereocenters. The van der Waals surface area contributed by atoms with E-state index in [0.29, 0.717) is 17.2 Å². The first-order valence-corrected chi connectivity index (χ1v) is 9.08. The molecule has 0 radical (unpaired) electrons. The Morgan fingerprint density at radius 1 is 1.07 bits per heavy atom. The molecule has 1 amide bonds. The molecule has 3 aromatic rings. The summed E-state index contributed by atoms with van der Waals surface area (Å²) in [7, 11) is 3.98. The lowest BCUT2D eigenvalue weighted by atomic mass is 10.1. The SMILES string of the molecule is Cc1cc(N)nc(/C=C/C(=O)Nc2cc(-c3ccc(N(C)C)cc3)cnc2N)c1. The van der Waals surface area contributed by atoms with Gasteiger partial charge in [0.2, 0.25) is 5.91 Å². The molecular weight excluding hydrogens is 364 g/mol. The minimum Gasteiger partial charge on any atom is -0.384 e. The molecule has 29 heavy (non-hydrogen) atoms. The van der Waals surface area contributed by atoms with Crippen molar-refractivity contribution >= 4 is 35.0 Å². The van der Waals surface area contributed by atoms with Crippen LogP contribution in [0.3, 0.4) is 0 Å². The van der Waals surface area contributed by atoms with Gasteiger partial charge in [0.25, 0.3) is 0 Å². The van der Waals surface area contributed by atoms with Crippen LogP contribution in [0.1, 0.15) is 11.3 Å². The molecule has 0 spiro atoms. The Morgan fingerprint density at radius 2 is 1.79 bits per heavy atom. The van der Waals surface area contributed by atoms with Crippen molar-refractivity contribution in [3.05, 3.63) is 66.0 Å². The number of aryl methyl sites for hydroxylation is 1. The van der Waals surface area contributed by atoms with Gasteiger partial charge in [-0.3, -0.25) is 4.79 Å². The van der Waals surface area contributed by atoms with Crippen molar-refractivity contribution in [3.63, 3.8) is 0 Å². The van der Waals surface area contributed by atoms with Gasteiger partial charge in [0.1, 0.15) is 11.6 Å². The molecule has 0 bridgehead atoms. The van der Waals surface area contributed by atoms with Crippen LogP contribution in [-0.2, 0) is 4.79 Å². The van der Waals surface area contributed by atoms with Crippen molar-refractivity contribution in [2.75, 3.05) is 35.8 Å². The number of carbonyl (C=O) groups excluding carboxylic acids is 1. The first kappa shape index (κ1) is 19.9. The van der Waals surface area contributed by atoms with Crippen LogP contribution in [0, 0.1) is 6.92 Å². The number of carbonyl (C=O) groups is 1. The van der Waals surface area contributed by atoms with E-state index in [9.17, 15) is 4.79 Å². The number of hydrogen-bond donors (Lipinski definition) is 3. The molecule has 2 heterocycles. The summed E-state index contributed by atoms with van der Waals surface area (Å²) in [5, 5.41) is 2.77. The minimum absolute atomic E-state index is 0.248. The molecule has 0 aliphatic rings. The predicted octanol–water partition coefficient (Wildman–Crippen LogP) is 3.33. The summed E-state index contributed by atoms with van der Waals surface area (Å²) in [6.07, 6.45) is 4.68. The molecule has 3 rings (SSSR count). The van der Waals surface area contributed by atoms with Gasteiger partial charge in [0.15, 0.2) is 0 Å². The van der Waals surface area contributed by atoms with Crippen LogP contribution in [0.4, 0.5) is 23.0 Å². The number of pyridine rings is 2. The Balaban J connectivity index is 1.77. The topological polar surface area (TPSA) is 110 Å². The number of nitrogens with zero attached hydrogens (tertiary/aromatic N) is 3. The van der Waals surface area contributed by atoms with E-state index >= 15 is 0 Å². The smallest absolute Gasteiger partial charge is 0.248 e. The number of hydrogen-bond acceptors (Lipinski definition) is 6. The highest BCUT2D eigenvalue weighted by Crippen LogP contribution is 2.27. The molecular formula is C22H24N6O. The van der Waals surface area contributed by atoms with Crippen LogP contribution >= 0.6 is 0 Å². The minimum atomic E-state index is -0.333. The van der Waals surface area contributed by atoms with Crippen LogP contribution in [-0.4, -0.2) is 30.0 Å². The third-order valence-electron chi connectivity index (χ3n) is 4.31. The molecule has 0 atom stereocenters. The maximum Gasteiger partial charge on any atom is 0.248 e. The number of nitrogen functional groups attached to an aromatic ring is 2. The molecule has 2 aromatic heterocycles. The fraction of sp³-hybridized carbons (Fsp3) is 0.136. The van der Waals surface area contributed by atoms with Crippen molar-refractivity contribution in [2.24, 2.45) is 0 Å². The lowest BCUT2D eigenvalue weighted by Crippen LogP contribution is -2.11. The molecule has 7 heteroatoms. The molecule has 0 saturated heterocycles. The fourth-order valence-electron chi connectivity index (χ4n) is 2.83. The van der Waals surface area contributed by atoms with Gasteiger partial charge in [-0.25, -0.2) is 9.97 Å². The molecule has 0 fully saturated rings. The molecule has 1 aromatic carbocycles. The van der Waals surface area contributed by atoms with E-state index in [4.69, 9.17) is 11.5 Å². The summed E-state index contributed by atoms with van der Waals surface area (Å²) < 4.78 is 0. The van der Waals surface area contributed by atoms with Crippen molar-refractivity contribution in [1.82, 2.24) is 9.97 Å². The zero-order valence-electron chi connectivity index (χ0n) is 16.7. The van der Waals surface area contributed by atoms with E-state index in [1.165, 1.54) is 6.08 Å². The van der Waals surface area contributed by atoms with Gasteiger partial charge in [0.05, 0.1) is 11.4 Å². The number of amides is 1. The summed E-state index contributed by atoms with van der Waals surface area (Å²) in [4.78, 5) is 22.7. The number of anilines is 4. The predicted molar refractivity (Wildman–Crippen MR) is 119 cm³/mol. The van der Waals surface area contributed by atoms with Crippen LogP contribution in [0.25, 0.3) is 17.2 Å². The Labute approximate surface area is 170 Å². The third-order valence-corrected chi connectivity index (χ3v) is 4.31. The molecule has 148 valence electrons. The Morgan fingerprint density at radius 3 is 2.45 bits per heavy atom. The quantitative estimate of drug-likeness (QED) is 0.578. The number of nitrogens with one attached hydrogen (secondary N) is 1. The number of nitrogens with two attached hydrogens (primary N) is 2. The second kappa shape index (κ2) is 8.43. The highest BCUT2D eigenvalue weighted by atomic mass is 16.1. The van der Waals surface area contributed by atoms with E-state index in [2.05, 4.69) is 15.3 Å².